The normalized spacial score (nSPS) is 10.7. The third-order valence-electron chi connectivity index (χ3n) is 3.65. The predicted molar refractivity (Wildman–Crippen MR) is 106 cm³/mol. The minimum Gasteiger partial charge on any atom is -0.326 e. The number of amides is 1. The van der Waals surface area contributed by atoms with E-state index in [9.17, 15) is 9.18 Å². The highest BCUT2D eigenvalue weighted by Crippen LogP contribution is 2.26. The Morgan fingerprint density at radius 2 is 1.85 bits per heavy atom. The van der Waals surface area contributed by atoms with Gasteiger partial charge >= 0.3 is 0 Å². The number of hydrogen-bond acceptors (Lipinski definition) is 4. The number of thioether (sulfide) groups is 1. The second-order valence-corrected chi connectivity index (χ2v) is 8.20. The number of carbonyl (C=O) groups excluding carboxylic acids is 1. The van der Waals surface area contributed by atoms with Crippen LogP contribution < -0.4 is 5.32 Å². The number of aryl methyl sites for hydroxylation is 2. The Labute approximate surface area is 160 Å². The molecule has 26 heavy (non-hydrogen) atoms. The summed E-state index contributed by atoms with van der Waals surface area (Å²) in [5.41, 5.74) is 4.86. The standard InChI is InChI=1S/C20H19FN2OS2/c1-13-7-14(2)9-17(8-13)22-19(24)10-18-12-26-20(23-18)25-11-15-3-5-16(21)6-4-15/h3-9,12H,10-11H2,1-2H3,(H,22,24). The van der Waals surface area contributed by atoms with Crippen LogP contribution in [0.3, 0.4) is 0 Å². The van der Waals surface area contributed by atoms with Crippen LogP contribution in [-0.2, 0) is 17.0 Å². The first-order valence-corrected chi connectivity index (χ1v) is 10.0. The van der Waals surface area contributed by atoms with Gasteiger partial charge in [0, 0.05) is 16.8 Å². The molecule has 0 atom stereocenters. The molecule has 3 nitrogen and oxygen atoms in total. The number of halogens is 1. The van der Waals surface area contributed by atoms with E-state index in [4.69, 9.17) is 0 Å². The molecule has 3 aromatic rings. The van der Waals surface area contributed by atoms with Crippen molar-refractivity contribution < 1.29 is 9.18 Å². The monoisotopic (exact) mass is 386 g/mol. The van der Waals surface area contributed by atoms with Crippen molar-refractivity contribution in [1.29, 1.82) is 0 Å². The van der Waals surface area contributed by atoms with Crippen LogP contribution in [0.1, 0.15) is 22.4 Å². The number of thiazole rings is 1. The lowest BCUT2D eigenvalue weighted by Gasteiger charge is -2.06. The lowest BCUT2D eigenvalue weighted by molar-refractivity contribution is -0.115. The molecule has 0 spiro atoms. The average Bonchev–Trinajstić information content (AvgIpc) is 3.00. The Morgan fingerprint density at radius 1 is 1.15 bits per heavy atom. The van der Waals surface area contributed by atoms with Gasteiger partial charge in [-0.25, -0.2) is 9.37 Å². The van der Waals surface area contributed by atoms with Gasteiger partial charge in [-0.3, -0.25) is 4.79 Å². The minimum absolute atomic E-state index is 0.0737. The molecule has 0 aliphatic rings. The van der Waals surface area contributed by atoms with Gasteiger partial charge < -0.3 is 5.32 Å². The van der Waals surface area contributed by atoms with Crippen molar-refractivity contribution in [3.63, 3.8) is 0 Å². The molecule has 1 N–H and O–H groups in total. The van der Waals surface area contributed by atoms with Crippen LogP contribution in [-0.4, -0.2) is 10.9 Å². The molecular formula is C20H19FN2OS2. The van der Waals surface area contributed by atoms with Crippen LogP contribution in [0.15, 0.2) is 52.2 Å². The zero-order valence-corrected chi connectivity index (χ0v) is 16.2. The van der Waals surface area contributed by atoms with Crippen molar-refractivity contribution in [2.45, 2.75) is 30.4 Å². The van der Waals surface area contributed by atoms with Gasteiger partial charge in [0.1, 0.15) is 10.2 Å². The summed E-state index contributed by atoms with van der Waals surface area (Å²) in [4.78, 5) is 16.7. The second kappa shape index (κ2) is 8.47. The number of nitrogens with one attached hydrogen (secondary N) is 1. The first kappa shape index (κ1) is 18.6. The minimum atomic E-state index is -0.231. The Hall–Kier alpha value is -2.18. The van der Waals surface area contributed by atoms with Crippen LogP contribution in [0.4, 0.5) is 10.1 Å². The van der Waals surface area contributed by atoms with E-state index in [2.05, 4.69) is 16.4 Å². The van der Waals surface area contributed by atoms with Gasteiger partial charge in [0.15, 0.2) is 0 Å². The number of rotatable bonds is 6. The highest BCUT2D eigenvalue weighted by molar-refractivity contribution is 8.00. The van der Waals surface area contributed by atoms with E-state index < -0.39 is 0 Å². The number of nitrogens with zero attached hydrogens (tertiary/aromatic N) is 1. The maximum atomic E-state index is 12.9. The van der Waals surface area contributed by atoms with Crippen LogP contribution in [0.5, 0.6) is 0 Å². The van der Waals surface area contributed by atoms with Gasteiger partial charge in [-0.05, 0) is 54.8 Å². The molecule has 1 aromatic heterocycles. The highest BCUT2D eigenvalue weighted by atomic mass is 32.2. The summed E-state index contributed by atoms with van der Waals surface area (Å²) < 4.78 is 13.8. The molecule has 2 aromatic carbocycles. The molecule has 6 heteroatoms. The van der Waals surface area contributed by atoms with Gasteiger partial charge in [-0.1, -0.05) is 30.0 Å². The number of carbonyl (C=O) groups is 1. The van der Waals surface area contributed by atoms with Crippen molar-refractivity contribution in [2.24, 2.45) is 0 Å². The molecule has 0 saturated carbocycles. The Kier molecular flexibility index (Phi) is 6.06. The van der Waals surface area contributed by atoms with Crippen LogP contribution in [0.2, 0.25) is 0 Å². The third kappa shape index (κ3) is 5.41. The maximum absolute atomic E-state index is 12.9. The Morgan fingerprint density at radius 3 is 2.54 bits per heavy atom. The van der Waals surface area contributed by atoms with Crippen LogP contribution in [0, 0.1) is 19.7 Å². The van der Waals surface area contributed by atoms with Crippen molar-refractivity contribution >= 4 is 34.7 Å². The molecule has 0 aliphatic heterocycles. The SMILES string of the molecule is Cc1cc(C)cc(NC(=O)Cc2csc(SCc3ccc(F)cc3)n2)c1. The predicted octanol–water partition coefficient (Wildman–Crippen LogP) is 5.37. The molecule has 0 bridgehead atoms. The molecular weight excluding hydrogens is 367 g/mol. The van der Waals surface area contributed by atoms with E-state index in [1.165, 1.54) is 23.5 Å². The summed E-state index contributed by atoms with van der Waals surface area (Å²) in [5.74, 6) is 0.419. The largest absolute Gasteiger partial charge is 0.326 e. The molecule has 0 radical (unpaired) electrons. The second-order valence-electron chi connectivity index (χ2n) is 6.12. The zero-order valence-electron chi connectivity index (χ0n) is 14.6. The lowest BCUT2D eigenvalue weighted by Crippen LogP contribution is -2.14. The summed E-state index contributed by atoms with van der Waals surface area (Å²) in [7, 11) is 0. The molecule has 0 fully saturated rings. The fourth-order valence-corrected chi connectivity index (χ4v) is 4.38. The van der Waals surface area contributed by atoms with E-state index in [-0.39, 0.29) is 18.1 Å². The molecule has 1 amide bonds. The summed E-state index contributed by atoms with van der Waals surface area (Å²) >= 11 is 3.11. The summed E-state index contributed by atoms with van der Waals surface area (Å²) in [6, 6.07) is 12.4. The number of hydrogen-bond donors (Lipinski definition) is 1. The Balaban J connectivity index is 1.54. The van der Waals surface area contributed by atoms with Gasteiger partial charge in [0.2, 0.25) is 5.91 Å². The maximum Gasteiger partial charge on any atom is 0.230 e. The molecule has 0 unspecified atom stereocenters. The lowest BCUT2D eigenvalue weighted by atomic mass is 10.1. The quantitative estimate of drug-likeness (QED) is 0.579. The molecule has 134 valence electrons. The number of anilines is 1. The molecule has 1 heterocycles. The van der Waals surface area contributed by atoms with Crippen molar-refractivity contribution in [1.82, 2.24) is 4.98 Å². The van der Waals surface area contributed by atoms with E-state index >= 15 is 0 Å². The third-order valence-corrected chi connectivity index (χ3v) is 5.79. The smallest absolute Gasteiger partial charge is 0.230 e. The zero-order chi connectivity index (χ0) is 18.5. The van der Waals surface area contributed by atoms with Gasteiger partial charge in [-0.2, -0.15) is 0 Å². The molecule has 0 saturated heterocycles. The summed E-state index contributed by atoms with van der Waals surface area (Å²) in [6.07, 6.45) is 0.251. The number of benzene rings is 2. The topological polar surface area (TPSA) is 42.0 Å². The van der Waals surface area contributed by atoms with Crippen molar-refractivity contribution in [3.05, 3.63) is 76.0 Å². The van der Waals surface area contributed by atoms with Crippen molar-refractivity contribution in [2.75, 3.05) is 5.32 Å². The molecule has 3 rings (SSSR count). The van der Waals surface area contributed by atoms with Crippen LogP contribution in [0.25, 0.3) is 0 Å². The molecule has 0 aliphatic carbocycles. The summed E-state index contributed by atoms with van der Waals surface area (Å²) in [6.45, 7) is 4.02. The van der Waals surface area contributed by atoms with Gasteiger partial charge in [-0.15, -0.1) is 11.3 Å². The van der Waals surface area contributed by atoms with E-state index in [0.29, 0.717) is 0 Å². The van der Waals surface area contributed by atoms with Crippen LogP contribution >= 0.6 is 23.1 Å². The first-order valence-electron chi connectivity index (χ1n) is 8.18. The first-order chi connectivity index (χ1) is 12.5. The van der Waals surface area contributed by atoms with E-state index in [0.717, 1.165) is 38.2 Å². The fraction of sp³-hybridized carbons (Fsp3) is 0.200. The Bertz CT molecular complexity index is 886. The number of aromatic nitrogens is 1. The van der Waals surface area contributed by atoms with Gasteiger partial charge in [0.25, 0.3) is 0 Å². The highest BCUT2D eigenvalue weighted by Gasteiger charge is 2.09. The average molecular weight is 387 g/mol. The van der Waals surface area contributed by atoms with E-state index in [1.807, 2.05) is 31.4 Å². The summed E-state index contributed by atoms with van der Waals surface area (Å²) in [5, 5.41) is 4.84. The fourth-order valence-electron chi connectivity index (χ4n) is 2.58. The van der Waals surface area contributed by atoms with E-state index in [1.54, 1.807) is 23.9 Å². The van der Waals surface area contributed by atoms with Crippen molar-refractivity contribution in [3.8, 4) is 0 Å². The van der Waals surface area contributed by atoms with Gasteiger partial charge in [0.05, 0.1) is 12.1 Å².